The molecule has 2 heterocycles. The molecule has 8 heteroatoms. The van der Waals surface area contributed by atoms with Gasteiger partial charge in [0.1, 0.15) is 5.82 Å². The van der Waals surface area contributed by atoms with Gasteiger partial charge in [-0.15, -0.1) is 0 Å². The van der Waals surface area contributed by atoms with Gasteiger partial charge in [0, 0.05) is 45.5 Å². The summed E-state index contributed by atoms with van der Waals surface area (Å²) in [5.41, 5.74) is 2.72. The van der Waals surface area contributed by atoms with Gasteiger partial charge in [0.15, 0.2) is 0 Å². The Kier molecular flexibility index (Phi) is 7.33. The molecule has 168 valence electrons. The largest absolute Gasteiger partial charge is 0.357 e. The maximum Gasteiger partial charge on any atom is 0.251 e. The van der Waals surface area contributed by atoms with Crippen LogP contribution in [0.25, 0.3) is 0 Å². The van der Waals surface area contributed by atoms with Gasteiger partial charge in [0.25, 0.3) is 5.91 Å². The highest BCUT2D eigenvalue weighted by atomic mass is 32.2. The minimum absolute atomic E-state index is 0.162. The Hall–Kier alpha value is -2.45. The van der Waals surface area contributed by atoms with Crippen LogP contribution in [0.2, 0.25) is 0 Å². The quantitative estimate of drug-likeness (QED) is 0.740. The topological polar surface area (TPSA) is 82.6 Å². The number of benzene rings is 1. The zero-order valence-corrected chi connectivity index (χ0v) is 19.6. The Balaban J connectivity index is 1.76. The summed E-state index contributed by atoms with van der Waals surface area (Å²) in [5, 5.41) is 2.92. The lowest BCUT2D eigenvalue weighted by Crippen LogP contribution is -2.27. The molecule has 0 unspecified atom stereocenters. The zero-order valence-electron chi connectivity index (χ0n) is 18.8. The predicted octanol–water partition coefficient (Wildman–Crippen LogP) is 3.26. The second-order valence-electron chi connectivity index (χ2n) is 8.31. The van der Waals surface area contributed by atoms with Crippen LogP contribution in [0.1, 0.15) is 52.7 Å². The number of amides is 1. The lowest BCUT2D eigenvalue weighted by molar-refractivity contribution is 0.0950. The van der Waals surface area contributed by atoms with Crippen LogP contribution in [0.4, 0.5) is 5.82 Å². The van der Waals surface area contributed by atoms with E-state index in [2.05, 4.69) is 15.2 Å². The van der Waals surface area contributed by atoms with E-state index in [9.17, 15) is 13.2 Å². The van der Waals surface area contributed by atoms with Crippen LogP contribution in [0, 0.1) is 13.8 Å². The molecular formula is C23H32N4O3S. The average Bonchev–Trinajstić information content (AvgIpc) is 3.03. The van der Waals surface area contributed by atoms with Crippen molar-refractivity contribution in [2.45, 2.75) is 51.0 Å². The number of anilines is 1. The van der Waals surface area contributed by atoms with Crippen LogP contribution >= 0.6 is 0 Å². The van der Waals surface area contributed by atoms with Crippen LogP contribution in [0.5, 0.6) is 0 Å². The lowest BCUT2D eigenvalue weighted by Gasteiger charge is -2.21. The van der Waals surface area contributed by atoms with Crippen molar-refractivity contribution in [1.29, 1.82) is 0 Å². The van der Waals surface area contributed by atoms with Crippen molar-refractivity contribution < 1.29 is 13.2 Å². The van der Waals surface area contributed by atoms with Crippen molar-refractivity contribution in [2.75, 3.05) is 32.1 Å². The van der Waals surface area contributed by atoms with Gasteiger partial charge in [-0.25, -0.2) is 17.7 Å². The van der Waals surface area contributed by atoms with Crippen molar-refractivity contribution in [3.05, 3.63) is 52.7 Å². The first kappa shape index (κ1) is 23.2. The molecule has 1 fully saturated rings. The molecule has 1 aliphatic rings. The standard InChI is InChI=1S/C23H32N4O3S/c1-17-13-20(15-21(18(17)2)31(29,30)26(3)4)23(28)25-16-19-9-10-24-22(14-19)27-11-7-5-6-8-12-27/h9-10,13-15H,5-8,11-12,16H2,1-4H3,(H,25,28). The molecule has 31 heavy (non-hydrogen) atoms. The number of hydrogen-bond donors (Lipinski definition) is 1. The first-order chi connectivity index (χ1) is 14.7. The summed E-state index contributed by atoms with van der Waals surface area (Å²) in [6.45, 7) is 5.94. The smallest absolute Gasteiger partial charge is 0.251 e. The van der Waals surface area contributed by atoms with Crippen LogP contribution in [0.3, 0.4) is 0 Å². The normalized spacial score (nSPS) is 15.1. The van der Waals surface area contributed by atoms with E-state index in [1.54, 1.807) is 19.2 Å². The molecule has 2 aromatic rings. The van der Waals surface area contributed by atoms with Gasteiger partial charge in [-0.2, -0.15) is 0 Å². The molecule has 1 aliphatic heterocycles. The van der Waals surface area contributed by atoms with E-state index in [1.807, 2.05) is 19.1 Å². The highest BCUT2D eigenvalue weighted by Crippen LogP contribution is 2.23. The molecule has 0 spiro atoms. The lowest BCUT2D eigenvalue weighted by atomic mass is 10.1. The molecule has 1 N–H and O–H groups in total. The van der Waals surface area contributed by atoms with Crippen molar-refractivity contribution in [1.82, 2.24) is 14.6 Å². The number of nitrogens with one attached hydrogen (secondary N) is 1. The Morgan fingerprint density at radius 1 is 1.10 bits per heavy atom. The average molecular weight is 445 g/mol. The number of carbonyl (C=O) groups is 1. The number of sulfonamides is 1. The summed E-state index contributed by atoms with van der Waals surface area (Å²) in [6.07, 6.45) is 6.64. The third-order valence-corrected chi connectivity index (χ3v) is 7.77. The molecule has 0 atom stereocenters. The fourth-order valence-corrected chi connectivity index (χ4v) is 4.97. The van der Waals surface area contributed by atoms with Crippen molar-refractivity contribution in [3.63, 3.8) is 0 Å². The third kappa shape index (κ3) is 5.43. The number of nitrogens with zero attached hydrogens (tertiary/aromatic N) is 3. The highest BCUT2D eigenvalue weighted by Gasteiger charge is 2.23. The SMILES string of the molecule is Cc1cc(C(=O)NCc2ccnc(N3CCCCCC3)c2)cc(S(=O)(=O)N(C)C)c1C. The second kappa shape index (κ2) is 9.78. The Morgan fingerprint density at radius 3 is 2.42 bits per heavy atom. The summed E-state index contributed by atoms with van der Waals surface area (Å²) in [7, 11) is -0.658. The fraction of sp³-hybridized carbons (Fsp3) is 0.478. The number of hydrogen-bond acceptors (Lipinski definition) is 5. The molecule has 0 aliphatic carbocycles. The molecule has 1 aromatic carbocycles. The monoisotopic (exact) mass is 444 g/mol. The molecule has 1 aromatic heterocycles. The zero-order chi connectivity index (χ0) is 22.6. The van der Waals surface area contributed by atoms with Crippen LogP contribution in [0.15, 0.2) is 35.4 Å². The molecule has 0 saturated carbocycles. The van der Waals surface area contributed by atoms with E-state index in [1.165, 1.54) is 45.8 Å². The van der Waals surface area contributed by atoms with E-state index in [0.29, 0.717) is 17.7 Å². The van der Waals surface area contributed by atoms with Gasteiger partial charge in [-0.1, -0.05) is 12.8 Å². The molecule has 7 nitrogen and oxygen atoms in total. The van der Waals surface area contributed by atoms with Crippen molar-refractivity contribution in [3.8, 4) is 0 Å². The van der Waals surface area contributed by atoms with E-state index >= 15 is 0 Å². The number of pyridine rings is 1. The van der Waals surface area contributed by atoms with E-state index in [4.69, 9.17) is 0 Å². The van der Waals surface area contributed by atoms with E-state index in [-0.39, 0.29) is 10.8 Å². The minimum Gasteiger partial charge on any atom is -0.357 e. The first-order valence-corrected chi connectivity index (χ1v) is 12.2. The van der Waals surface area contributed by atoms with Gasteiger partial charge < -0.3 is 10.2 Å². The van der Waals surface area contributed by atoms with Crippen LogP contribution < -0.4 is 10.2 Å². The molecule has 0 bridgehead atoms. The summed E-state index contributed by atoms with van der Waals surface area (Å²) < 4.78 is 26.5. The Bertz CT molecular complexity index is 1040. The van der Waals surface area contributed by atoms with E-state index < -0.39 is 10.0 Å². The number of rotatable bonds is 6. The minimum atomic E-state index is -3.63. The van der Waals surface area contributed by atoms with E-state index in [0.717, 1.165) is 34.3 Å². The van der Waals surface area contributed by atoms with Crippen molar-refractivity contribution in [2.24, 2.45) is 0 Å². The molecular weight excluding hydrogens is 412 g/mol. The Labute approximate surface area is 185 Å². The summed E-state index contributed by atoms with van der Waals surface area (Å²) in [6, 6.07) is 7.11. The predicted molar refractivity (Wildman–Crippen MR) is 123 cm³/mol. The molecule has 0 radical (unpaired) electrons. The van der Waals surface area contributed by atoms with Gasteiger partial charge >= 0.3 is 0 Å². The highest BCUT2D eigenvalue weighted by molar-refractivity contribution is 7.89. The second-order valence-corrected chi connectivity index (χ2v) is 10.4. The summed E-state index contributed by atoms with van der Waals surface area (Å²) in [4.78, 5) is 19.8. The number of carbonyl (C=O) groups excluding carboxylic acids is 1. The Morgan fingerprint density at radius 2 is 1.77 bits per heavy atom. The molecule has 1 amide bonds. The maximum atomic E-state index is 12.8. The van der Waals surface area contributed by atoms with Gasteiger partial charge in [0.2, 0.25) is 10.0 Å². The molecule has 3 rings (SSSR count). The van der Waals surface area contributed by atoms with Crippen LogP contribution in [-0.4, -0.2) is 50.8 Å². The first-order valence-electron chi connectivity index (χ1n) is 10.7. The fourth-order valence-electron chi connectivity index (χ4n) is 3.75. The third-order valence-electron chi connectivity index (χ3n) is 5.83. The van der Waals surface area contributed by atoms with Gasteiger partial charge in [-0.05, 0) is 67.6 Å². The van der Waals surface area contributed by atoms with Crippen molar-refractivity contribution >= 4 is 21.7 Å². The maximum absolute atomic E-state index is 12.8. The number of aromatic nitrogens is 1. The number of aryl methyl sites for hydroxylation is 1. The molecule has 1 saturated heterocycles. The van der Waals surface area contributed by atoms with Crippen LogP contribution in [-0.2, 0) is 16.6 Å². The summed E-state index contributed by atoms with van der Waals surface area (Å²) >= 11 is 0. The van der Waals surface area contributed by atoms with Gasteiger partial charge in [0.05, 0.1) is 4.90 Å². The van der Waals surface area contributed by atoms with Gasteiger partial charge in [-0.3, -0.25) is 4.79 Å². The summed E-state index contributed by atoms with van der Waals surface area (Å²) in [5.74, 6) is 0.644.